The van der Waals surface area contributed by atoms with Crippen LogP contribution in [0.15, 0.2) is 72.1 Å². The Morgan fingerprint density at radius 2 is 1.79 bits per heavy atom. The number of nitrogens with zero attached hydrogens (tertiary/aromatic N) is 3. The minimum Gasteiger partial charge on any atom is -0.410 e. The number of non-ortho nitro benzene ring substituents is 1. The largest absolute Gasteiger partial charge is 0.410 e. The van der Waals surface area contributed by atoms with Crippen LogP contribution < -0.4 is 0 Å². The van der Waals surface area contributed by atoms with Crippen LogP contribution in [0, 0.1) is 10.1 Å². The average molecular weight is 379 g/mol. The Morgan fingerprint density at radius 1 is 1.04 bits per heavy atom. The summed E-state index contributed by atoms with van der Waals surface area (Å²) in [6.45, 7) is 0. The van der Waals surface area contributed by atoms with Crippen LogP contribution in [0.1, 0.15) is 16.7 Å². The molecule has 0 aliphatic carbocycles. The number of nitro groups is 1. The van der Waals surface area contributed by atoms with Gasteiger partial charge in [0.2, 0.25) is 0 Å². The summed E-state index contributed by atoms with van der Waals surface area (Å²) in [5.74, 6) is 0. The van der Waals surface area contributed by atoms with Crippen molar-refractivity contribution in [3.05, 3.63) is 93.8 Å². The molecule has 8 heteroatoms. The van der Waals surface area contributed by atoms with E-state index in [1.165, 1.54) is 12.1 Å². The van der Waals surface area contributed by atoms with Gasteiger partial charge in [0.05, 0.1) is 4.92 Å². The Bertz CT molecular complexity index is 1020. The highest BCUT2D eigenvalue weighted by Gasteiger charge is 2.16. The van der Waals surface area contributed by atoms with Crippen LogP contribution >= 0.6 is 0 Å². The molecule has 3 aromatic rings. The molecule has 1 heterocycles. The van der Waals surface area contributed by atoms with Gasteiger partial charge in [-0.3, -0.25) is 15.1 Å². The zero-order chi connectivity index (χ0) is 20.1. The third kappa shape index (κ3) is 4.37. The van der Waals surface area contributed by atoms with Gasteiger partial charge in [-0.25, -0.2) is 0 Å². The van der Waals surface area contributed by atoms with E-state index in [0.717, 1.165) is 11.1 Å². The molecule has 2 aromatic carbocycles. The second-order valence-electron chi connectivity index (χ2n) is 6.12. The molecule has 0 amide bonds. The molecule has 0 saturated heterocycles. The number of rotatable bonds is 6. The summed E-state index contributed by atoms with van der Waals surface area (Å²) in [5, 5.41) is 42.2. The zero-order valence-electron chi connectivity index (χ0n) is 14.6. The third-order valence-electron chi connectivity index (χ3n) is 4.19. The quantitative estimate of drug-likeness (QED) is 0.199. The van der Waals surface area contributed by atoms with Gasteiger partial charge in [0.25, 0.3) is 5.69 Å². The third-order valence-corrected chi connectivity index (χ3v) is 4.19. The molecule has 1 aromatic heterocycles. The van der Waals surface area contributed by atoms with Crippen LogP contribution in [-0.4, -0.2) is 37.3 Å². The number of oxime groups is 1. The van der Waals surface area contributed by atoms with Gasteiger partial charge >= 0.3 is 0 Å². The second kappa shape index (κ2) is 8.38. The molecule has 28 heavy (non-hydrogen) atoms. The molecule has 0 unspecified atom stereocenters. The normalized spacial score (nSPS) is 11.6. The van der Waals surface area contributed by atoms with Crippen molar-refractivity contribution < 1.29 is 20.3 Å². The summed E-state index contributed by atoms with van der Waals surface area (Å²) in [6.07, 6.45) is 1.87. The minimum absolute atomic E-state index is 0.0585. The van der Waals surface area contributed by atoms with Gasteiger partial charge in [-0.15, -0.1) is 0 Å². The molecular formula is C20H17N3O5. The van der Waals surface area contributed by atoms with Crippen molar-refractivity contribution >= 4 is 11.4 Å². The first kappa shape index (κ1) is 19.2. The fraction of sp³-hybridized carbons (Fsp3) is 0.100. The van der Waals surface area contributed by atoms with E-state index in [0.29, 0.717) is 23.1 Å². The van der Waals surface area contributed by atoms with Crippen molar-refractivity contribution in [2.45, 2.75) is 12.7 Å². The van der Waals surface area contributed by atoms with E-state index in [1.54, 1.807) is 36.7 Å². The highest BCUT2D eigenvalue weighted by atomic mass is 16.6. The van der Waals surface area contributed by atoms with Crippen molar-refractivity contribution in [1.29, 1.82) is 0 Å². The second-order valence-corrected chi connectivity index (χ2v) is 6.12. The summed E-state index contributed by atoms with van der Waals surface area (Å²) in [6, 6.07) is 14.9. The summed E-state index contributed by atoms with van der Waals surface area (Å²) in [5.41, 5.74) is 2.89. The van der Waals surface area contributed by atoms with Crippen molar-refractivity contribution in [3.63, 3.8) is 0 Å². The van der Waals surface area contributed by atoms with Crippen LogP contribution in [-0.2, 0) is 6.42 Å². The van der Waals surface area contributed by atoms with E-state index in [1.807, 2.05) is 18.2 Å². The Kier molecular flexibility index (Phi) is 5.73. The number of benzene rings is 2. The highest BCUT2D eigenvalue weighted by Crippen LogP contribution is 2.27. The summed E-state index contributed by atoms with van der Waals surface area (Å²) < 4.78 is 0. The molecule has 0 fully saturated rings. The minimum atomic E-state index is -1.97. The molecule has 142 valence electrons. The van der Waals surface area contributed by atoms with Gasteiger partial charge in [0, 0.05) is 30.1 Å². The van der Waals surface area contributed by atoms with E-state index in [-0.39, 0.29) is 11.4 Å². The fourth-order valence-corrected chi connectivity index (χ4v) is 2.90. The molecular weight excluding hydrogens is 362 g/mol. The van der Waals surface area contributed by atoms with Gasteiger partial charge in [0.15, 0.2) is 6.29 Å². The van der Waals surface area contributed by atoms with Crippen LogP contribution in [0.4, 0.5) is 5.69 Å². The zero-order valence-corrected chi connectivity index (χ0v) is 14.6. The van der Waals surface area contributed by atoms with E-state index in [4.69, 9.17) is 0 Å². The van der Waals surface area contributed by atoms with E-state index >= 15 is 0 Å². The lowest BCUT2D eigenvalue weighted by Gasteiger charge is -2.12. The number of hydrogen-bond donors (Lipinski definition) is 3. The van der Waals surface area contributed by atoms with Crippen LogP contribution in [0.25, 0.3) is 11.1 Å². The topological polar surface area (TPSA) is 129 Å². The highest BCUT2D eigenvalue weighted by molar-refractivity contribution is 6.03. The molecule has 0 aliphatic rings. The van der Waals surface area contributed by atoms with Crippen molar-refractivity contribution in [3.8, 4) is 11.1 Å². The maximum absolute atomic E-state index is 11.1. The van der Waals surface area contributed by atoms with Crippen molar-refractivity contribution in [2.75, 3.05) is 0 Å². The van der Waals surface area contributed by atoms with Gasteiger partial charge in [-0.05, 0) is 52.9 Å². The van der Waals surface area contributed by atoms with Crippen LogP contribution in [0.5, 0.6) is 0 Å². The smallest absolute Gasteiger partial charge is 0.270 e. The SMILES string of the molecule is O=[N+]([O-])c1cccc(-c2cc(Cc3ccncc3)cc(C(=NO)C(O)O)c2)c1. The first-order chi connectivity index (χ1) is 13.5. The molecule has 8 nitrogen and oxygen atoms in total. The summed E-state index contributed by atoms with van der Waals surface area (Å²) in [7, 11) is 0. The van der Waals surface area contributed by atoms with Crippen molar-refractivity contribution in [1.82, 2.24) is 4.98 Å². The first-order valence-corrected chi connectivity index (χ1v) is 8.34. The number of aromatic nitrogens is 1. The molecule has 0 atom stereocenters. The van der Waals surface area contributed by atoms with E-state index < -0.39 is 11.2 Å². The molecule has 0 aliphatic heterocycles. The van der Waals surface area contributed by atoms with E-state index in [9.17, 15) is 25.5 Å². The van der Waals surface area contributed by atoms with Crippen LogP contribution in [0.2, 0.25) is 0 Å². The Labute approximate surface area is 160 Å². The standard InChI is InChI=1S/C20H17N3O5/c24-20(25)19(22-26)17-10-14(8-13-4-6-21-7-5-13)9-16(11-17)15-2-1-3-18(12-15)23(27)28/h1-7,9-12,20,24-26H,8H2. The molecule has 3 rings (SSSR count). The lowest BCUT2D eigenvalue weighted by Crippen LogP contribution is -2.21. The van der Waals surface area contributed by atoms with Gasteiger partial charge < -0.3 is 15.4 Å². The maximum Gasteiger partial charge on any atom is 0.270 e. The van der Waals surface area contributed by atoms with Gasteiger partial charge in [-0.2, -0.15) is 0 Å². The number of nitro benzene ring substituents is 1. The number of pyridine rings is 1. The fourth-order valence-electron chi connectivity index (χ4n) is 2.90. The predicted octanol–water partition coefficient (Wildman–Crippen LogP) is 2.74. The van der Waals surface area contributed by atoms with Crippen LogP contribution in [0.3, 0.4) is 0 Å². The lowest BCUT2D eigenvalue weighted by molar-refractivity contribution is -0.384. The summed E-state index contributed by atoms with van der Waals surface area (Å²) >= 11 is 0. The van der Waals surface area contributed by atoms with E-state index in [2.05, 4.69) is 10.1 Å². The number of hydrogen-bond acceptors (Lipinski definition) is 7. The predicted molar refractivity (Wildman–Crippen MR) is 102 cm³/mol. The molecule has 0 saturated carbocycles. The first-order valence-electron chi connectivity index (χ1n) is 8.34. The number of aliphatic hydroxyl groups excluding tert-OH is 1. The average Bonchev–Trinajstić information content (AvgIpc) is 2.69. The lowest BCUT2D eigenvalue weighted by atomic mass is 9.94. The molecule has 0 bridgehead atoms. The van der Waals surface area contributed by atoms with Gasteiger partial charge in [0.1, 0.15) is 5.71 Å². The Morgan fingerprint density at radius 3 is 2.43 bits per heavy atom. The van der Waals surface area contributed by atoms with Crippen molar-refractivity contribution in [2.24, 2.45) is 5.16 Å². The Hall–Kier alpha value is -3.62. The summed E-state index contributed by atoms with van der Waals surface area (Å²) in [4.78, 5) is 14.6. The monoisotopic (exact) mass is 379 g/mol. The maximum atomic E-state index is 11.1. The molecule has 0 spiro atoms. The Balaban J connectivity index is 2.12. The van der Waals surface area contributed by atoms with Gasteiger partial charge in [-0.1, -0.05) is 23.4 Å². The number of aliphatic hydroxyl groups is 2. The molecule has 0 radical (unpaired) electrons. The molecule has 3 N–H and O–H groups in total.